The molecular weight excluding hydrogens is 352 g/mol. The van der Waals surface area contributed by atoms with Crippen molar-refractivity contribution in [2.24, 2.45) is 5.92 Å². The van der Waals surface area contributed by atoms with Crippen LogP contribution in [0.2, 0.25) is 5.02 Å². The predicted molar refractivity (Wildman–Crippen MR) is 102 cm³/mol. The van der Waals surface area contributed by atoms with Crippen LogP contribution < -0.4 is 9.47 Å². The van der Waals surface area contributed by atoms with E-state index in [4.69, 9.17) is 21.1 Å². The van der Waals surface area contributed by atoms with Gasteiger partial charge in [-0.1, -0.05) is 25.1 Å². The third-order valence-electron chi connectivity index (χ3n) is 4.61. The third-order valence-corrected chi connectivity index (χ3v) is 4.85. The molecular formula is C21H21ClO4. The van der Waals surface area contributed by atoms with Crippen LogP contribution in [0.4, 0.5) is 0 Å². The highest BCUT2D eigenvalue weighted by Crippen LogP contribution is 2.46. The van der Waals surface area contributed by atoms with Gasteiger partial charge in [0.05, 0.1) is 0 Å². The van der Waals surface area contributed by atoms with Crippen molar-refractivity contribution in [3.05, 3.63) is 46.5 Å². The molecule has 0 aliphatic heterocycles. The highest BCUT2D eigenvalue weighted by Gasteiger charge is 2.28. The molecule has 0 fully saturated rings. The molecule has 0 amide bonds. The Labute approximate surface area is 157 Å². The molecule has 0 aromatic heterocycles. The van der Waals surface area contributed by atoms with Crippen LogP contribution in [0.15, 0.2) is 30.4 Å². The van der Waals surface area contributed by atoms with Crippen LogP contribution in [0, 0.1) is 5.92 Å². The maximum Gasteiger partial charge on any atom is 0.338 e. The minimum Gasteiger partial charge on any atom is -0.426 e. The highest BCUT2D eigenvalue weighted by molar-refractivity contribution is 6.31. The predicted octanol–water partition coefficient (Wildman–Crippen LogP) is 5.02. The summed E-state index contributed by atoms with van der Waals surface area (Å²) in [4.78, 5) is 23.9. The van der Waals surface area contributed by atoms with Crippen molar-refractivity contribution >= 4 is 34.3 Å². The van der Waals surface area contributed by atoms with E-state index >= 15 is 0 Å². The molecule has 0 N–H and O–H groups in total. The lowest BCUT2D eigenvalue weighted by Crippen LogP contribution is -2.18. The van der Waals surface area contributed by atoms with Crippen molar-refractivity contribution in [1.29, 1.82) is 0 Å². The minimum absolute atomic E-state index is 0.328. The van der Waals surface area contributed by atoms with Crippen LogP contribution in [0.5, 0.6) is 11.5 Å². The maximum absolute atomic E-state index is 12.2. The SMILES string of the molecule is C=C(C)C(=O)Oc1c2c(c(OC(C)=O)c3cc(Cl)ccc13)CCC(C)C2. The molecule has 1 atom stereocenters. The standard InChI is InChI=1S/C21H21ClO4/c1-11(2)21(24)26-20-16-8-6-14(22)10-18(16)19(25-13(4)23)15-7-5-12(3)9-17(15)20/h6,8,10,12H,1,5,7,9H2,2-4H3. The van der Waals surface area contributed by atoms with Gasteiger partial charge in [-0.2, -0.15) is 0 Å². The number of carbonyl (C=O) groups is 2. The summed E-state index contributed by atoms with van der Waals surface area (Å²) in [6.45, 7) is 8.81. The molecule has 1 aliphatic rings. The topological polar surface area (TPSA) is 52.6 Å². The number of esters is 2. The van der Waals surface area contributed by atoms with Crippen molar-refractivity contribution in [3.63, 3.8) is 0 Å². The lowest BCUT2D eigenvalue weighted by molar-refractivity contribution is -0.132. The van der Waals surface area contributed by atoms with Crippen molar-refractivity contribution < 1.29 is 19.1 Å². The first-order valence-corrected chi connectivity index (χ1v) is 8.98. The van der Waals surface area contributed by atoms with Gasteiger partial charge < -0.3 is 9.47 Å². The van der Waals surface area contributed by atoms with Gasteiger partial charge in [0.1, 0.15) is 11.5 Å². The third kappa shape index (κ3) is 3.47. The Balaban J connectivity index is 2.34. The number of carbonyl (C=O) groups excluding carboxylic acids is 2. The highest BCUT2D eigenvalue weighted by atomic mass is 35.5. The van der Waals surface area contributed by atoms with Gasteiger partial charge in [0.2, 0.25) is 0 Å². The number of fused-ring (bicyclic) bond motifs is 2. The van der Waals surface area contributed by atoms with E-state index in [-0.39, 0.29) is 0 Å². The molecule has 2 aromatic carbocycles. The van der Waals surface area contributed by atoms with Crippen LogP contribution in [0.25, 0.3) is 10.8 Å². The molecule has 5 heteroatoms. The van der Waals surface area contributed by atoms with Gasteiger partial charge in [-0.15, -0.1) is 0 Å². The van der Waals surface area contributed by atoms with Gasteiger partial charge in [-0.05, 0) is 50.3 Å². The van der Waals surface area contributed by atoms with Gasteiger partial charge in [0, 0.05) is 39.4 Å². The van der Waals surface area contributed by atoms with Gasteiger partial charge in [0.15, 0.2) is 0 Å². The van der Waals surface area contributed by atoms with E-state index in [0.29, 0.717) is 38.8 Å². The first kappa shape index (κ1) is 18.5. The molecule has 0 bridgehead atoms. The van der Waals surface area contributed by atoms with Crippen LogP contribution in [0.1, 0.15) is 38.3 Å². The first-order valence-electron chi connectivity index (χ1n) is 8.61. The number of benzene rings is 2. The Hall–Kier alpha value is -2.33. The van der Waals surface area contributed by atoms with Crippen LogP contribution >= 0.6 is 11.6 Å². The summed E-state index contributed by atoms with van der Waals surface area (Å²) < 4.78 is 11.3. The molecule has 0 spiro atoms. The van der Waals surface area contributed by atoms with Gasteiger partial charge in [-0.25, -0.2) is 4.79 Å². The summed E-state index contributed by atoms with van der Waals surface area (Å²) >= 11 is 6.18. The number of hydrogen-bond donors (Lipinski definition) is 0. The number of rotatable bonds is 3. The second-order valence-corrected chi connectivity index (χ2v) is 7.35. The van der Waals surface area contributed by atoms with Crippen molar-refractivity contribution in [2.75, 3.05) is 0 Å². The summed E-state index contributed by atoms with van der Waals surface area (Å²) in [7, 11) is 0. The number of ether oxygens (including phenoxy) is 2. The smallest absolute Gasteiger partial charge is 0.338 e. The molecule has 0 saturated carbocycles. The Morgan fingerprint density at radius 1 is 1.12 bits per heavy atom. The quantitative estimate of drug-likeness (QED) is 0.431. The van der Waals surface area contributed by atoms with Crippen molar-refractivity contribution in [2.45, 2.75) is 40.0 Å². The van der Waals surface area contributed by atoms with Gasteiger partial charge in [-0.3, -0.25) is 4.79 Å². The van der Waals surface area contributed by atoms with Crippen LogP contribution in [-0.2, 0) is 22.4 Å². The molecule has 136 valence electrons. The van der Waals surface area contributed by atoms with Gasteiger partial charge >= 0.3 is 11.9 Å². The molecule has 3 rings (SSSR count). The van der Waals surface area contributed by atoms with E-state index in [9.17, 15) is 9.59 Å². The Morgan fingerprint density at radius 2 is 1.81 bits per heavy atom. The Bertz CT molecular complexity index is 929. The zero-order chi connectivity index (χ0) is 19.0. The minimum atomic E-state index is -0.470. The molecule has 1 unspecified atom stereocenters. The van der Waals surface area contributed by atoms with E-state index in [1.165, 1.54) is 6.92 Å². The maximum atomic E-state index is 12.2. The van der Waals surface area contributed by atoms with E-state index in [1.54, 1.807) is 25.1 Å². The number of hydrogen-bond acceptors (Lipinski definition) is 4. The molecule has 0 heterocycles. The van der Waals surface area contributed by atoms with E-state index in [1.807, 2.05) is 0 Å². The Morgan fingerprint density at radius 3 is 2.46 bits per heavy atom. The van der Waals surface area contributed by atoms with Crippen molar-refractivity contribution in [3.8, 4) is 11.5 Å². The average Bonchev–Trinajstić information content (AvgIpc) is 2.57. The monoisotopic (exact) mass is 372 g/mol. The zero-order valence-corrected chi connectivity index (χ0v) is 15.9. The number of halogens is 1. The van der Waals surface area contributed by atoms with Crippen molar-refractivity contribution in [1.82, 2.24) is 0 Å². The second kappa shape index (κ2) is 7.12. The molecule has 26 heavy (non-hydrogen) atoms. The average molecular weight is 373 g/mol. The summed E-state index contributed by atoms with van der Waals surface area (Å²) in [5.41, 5.74) is 2.16. The molecule has 2 aromatic rings. The fourth-order valence-electron chi connectivity index (χ4n) is 3.38. The molecule has 0 radical (unpaired) electrons. The van der Waals surface area contributed by atoms with E-state index in [0.717, 1.165) is 30.4 Å². The first-order chi connectivity index (χ1) is 12.3. The summed E-state index contributed by atoms with van der Waals surface area (Å²) in [5, 5.41) is 1.89. The summed E-state index contributed by atoms with van der Waals surface area (Å²) in [6.07, 6.45) is 2.47. The van der Waals surface area contributed by atoms with Crippen LogP contribution in [0.3, 0.4) is 0 Å². The van der Waals surface area contributed by atoms with Gasteiger partial charge in [0.25, 0.3) is 0 Å². The molecule has 0 saturated heterocycles. The molecule has 4 nitrogen and oxygen atoms in total. The van der Waals surface area contributed by atoms with E-state index in [2.05, 4.69) is 13.5 Å². The molecule has 1 aliphatic carbocycles. The fraction of sp³-hybridized carbons (Fsp3) is 0.333. The van der Waals surface area contributed by atoms with Crippen LogP contribution in [-0.4, -0.2) is 11.9 Å². The second-order valence-electron chi connectivity index (χ2n) is 6.92. The lowest BCUT2D eigenvalue weighted by atomic mass is 9.82. The normalized spacial score (nSPS) is 16.1. The van der Waals surface area contributed by atoms with E-state index < -0.39 is 11.9 Å². The Kier molecular flexibility index (Phi) is 5.05. The zero-order valence-electron chi connectivity index (χ0n) is 15.1. The summed E-state index contributed by atoms with van der Waals surface area (Å²) in [6, 6.07) is 5.27. The lowest BCUT2D eigenvalue weighted by Gasteiger charge is -2.27. The summed E-state index contributed by atoms with van der Waals surface area (Å²) in [5.74, 6) is 0.620. The fourth-order valence-corrected chi connectivity index (χ4v) is 3.55. The largest absolute Gasteiger partial charge is 0.426 e.